The number of rotatable bonds is 4. The topological polar surface area (TPSA) is 24.5 Å². The van der Waals surface area contributed by atoms with Crippen LogP contribution in [0.1, 0.15) is 12.5 Å². The van der Waals surface area contributed by atoms with Gasteiger partial charge in [0, 0.05) is 31.4 Å². The normalized spacial score (nSPS) is 20.2. The van der Waals surface area contributed by atoms with E-state index in [9.17, 15) is 0 Å². The van der Waals surface area contributed by atoms with Crippen LogP contribution in [0.2, 0.25) is 0 Å². The van der Waals surface area contributed by atoms with Gasteiger partial charge in [-0.2, -0.15) is 0 Å². The van der Waals surface area contributed by atoms with Gasteiger partial charge < -0.3 is 15.0 Å². The van der Waals surface area contributed by atoms with Crippen LogP contribution in [0.5, 0.6) is 0 Å². The molecule has 17 heavy (non-hydrogen) atoms. The maximum Gasteiger partial charge on any atom is 0.0637 e. The Morgan fingerprint density at radius 2 is 2.35 bits per heavy atom. The Morgan fingerprint density at radius 3 is 3.00 bits per heavy atom. The Bertz CT molecular complexity index is 348. The molecule has 1 unspecified atom stereocenters. The van der Waals surface area contributed by atoms with E-state index in [1.165, 1.54) is 11.3 Å². The lowest BCUT2D eigenvalue weighted by molar-refractivity contribution is 0.0788. The summed E-state index contributed by atoms with van der Waals surface area (Å²) in [6, 6.07) is 9.13. The van der Waals surface area contributed by atoms with E-state index in [2.05, 4.69) is 48.3 Å². The van der Waals surface area contributed by atoms with Crippen molar-refractivity contribution in [2.75, 3.05) is 37.7 Å². The highest BCUT2D eigenvalue weighted by Crippen LogP contribution is 2.16. The van der Waals surface area contributed by atoms with Crippen LogP contribution in [0.4, 0.5) is 5.69 Å². The van der Waals surface area contributed by atoms with E-state index in [-0.39, 0.29) is 0 Å². The summed E-state index contributed by atoms with van der Waals surface area (Å²) >= 11 is 0. The summed E-state index contributed by atoms with van der Waals surface area (Å²) in [5, 5.41) is 3.50. The highest BCUT2D eigenvalue weighted by atomic mass is 16.5. The monoisotopic (exact) mass is 234 g/mol. The Kier molecular flexibility index (Phi) is 4.40. The van der Waals surface area contributed by atoms with Gasteiger partial charge in [-0.05, 0) is 31.5 Å². The first kappa shape index (κ1) is 12.4. The second kappa shape index (κ2) is 6.03. The molecular formula is C14H22N2O. The van der Waals surface area contributed by atoms with E-state index in [4.69, 9.17) is 4.74 Å². The number of nitrogens with one attached hydrogen (secondary N) is 1. The maximum atomic E-state index is 5.50. The molecule has 0 amide bonds. The van der Waals surface area contributed by atoms with Crippen molar-refractivity contribution in [1.82, 2.24) is 5.32 Å². The van der Waals surface area contributed by atoms with Gasteiger partial charge in [-0.3, -0.25) is 0 Å². The zero-order valence-corrected chi connectivity index (χ0v) is 10.8. The molecule has 1 aliphatic rings. The van der Waals surface area contributed by atoms with Crippen LogP contribution < -0.4 is 10.2 Å². The van der Waals surface area contributed by atoms with Crippen molar-refractivity contribution >= 4 is 5.69 Å². The van der Waals surface area contributed by atoms with Crippen molar-refractivity contribution in [2.24, 2.45) is 0 Å². The summed E-state index contributed by atoms with van der Waals surface area (Å²) in [4.78, 5) is 2.40. The molecule has 0 aliphatic carbocycles. The highest BCUT2D eigenvalue weighted by Gasteiger charge is 2.16. The van der Waals surface area contributed by atoms with E-state index in [0.29, 0.717) is 6.04 Å². The molecule has 1 atom stereocenters. The van der Waals surface area contributed by atoms with Gasteiger partial charge in [-0.25, -0.2) is 0 Å². The van der Waals surface area contributed by atoms with Gasteiger partial charge in [0.25, 0.3) is 0 Å². The molecule has 1 fully saturated rings. The van der Waals surface area contributed by atoms with Gasteiger partial charge in [0.15, 0.2) is 0 Å². The third kappa shape index (κ3) is 3.45. The quantitative estimate of drug-likeness (QED) is 0.860. The van der Waals surface area contributed by atoms with E-state index >= 15 is 0 Å². The third-order valence-electron chi connectivity index (χ3n) is 3.19. The molecule has 1 aliphatic heterocycles. The maximum absolute atomic E-state index is 5.50. The molecule has 0 aromatic heterocycles. The number of hydrogen-bond acceptors (Lipinski definition) is 3. The van der Waals surface area contributed by atoms with Crippen LogP contribution in [0.15, 0.2) is 24.3 Å². The molecule has 0 saturated carbocycles. The second-order valence-corrected chi connectivity index (χ2v) is 4.60. The lowest BCUT2D eigenvalue weighted by Gasteiger charge is -2.31. The van der Waals surface area contributed by atoms with Crippen LogP contribution in [0, 0.1) is 6.92 Å². The number of morpholine rings is 1. The molecule has 94 valence electrons. The lowest BCUT2D eigenvalue weighted by Crippen LogP contribution is -2.48. The largest absolute Gasteiger partial charge is 0.378 e. The first-order chi connectivity index (χ1) is 8.29. The number of ether oxygens (including phenoxy) is 1. The lowest BCUT2D eigenvalue weighted by atomic mass is 10.2. The predicted octanol–water partition coefficient (Wildman–Crippen LogP) is 1.81. The minimum atomic E-state index is 0.448. The van der Waals surface area contributed by atoms with Crippen molar-refractivity contribution < 1.29 is 4.74 Å². The number of aryl methyl sites for hydroxylation is 1. The van der Waals surface area contributed by atoms with E-state index in [1.807, 2.05) is 0 Å². The molecule has 1 saturated heterocycles. The molecule has 1 aromatic rings. The van der Waals surface area contributed by atoms with Crippen molar-refractivity contribution in [1.29, 1.82) is 0 Å². The Balaban J connectivity index is 2.00. The summed E-state index contributed by atoms with van der Waals surface area (Å²) < 4.78 is 5.50. The fourth-order valence-electron chi connectivity index (χ4n) is 2.24. The standard InChI is InChI=1S/C14H22N2O/c1-3-16(10-13-11-17-8-7-15-13)14-6-4-5-12(2)9-14/h4-6,9,13,15H,3,7-8,10-11H2,1-2H3. The zero-order valence-electron chi connectivity index (χ0n) is 10.8. The average Bonchev–Trinajstić information content (AvgIpc) is 2.37. The Hall–Kier alpha value is -1.06. The van der Waals surface area contributed by atoms with E-state index in [1.54, 1.807) is 0 Å². The van der Waals surface area contributed by atoms with Crippen LogP contribution in [-0.4, -0.2) is 38.9 Å². The predicted molar refractivity (Wildman–Crippen MR) is 71.7 cm³/mol. The Morgan fingerprint density at radius 1 is 1.47 bits per heavy atom. The molecular weight excluding hydrogens is 212 g/mol. The summed E-state index contributed by atoms with van der Waals surface area (Å²) in [6.07, 6.45) is 0. The number of likely N-dealkylation sites (N-methyl/N-ethyl adjacent to an activating group) is 1. The SMILES string of the molecule is CCN(CC1COCCN1)c1cccc(C)c1. The second-order valence-electron chi connectivity index (χ2n) is 4.60. The number of benzene rings is 1. The summed E-state index contributed by atoms with van der Waals surface area (Å²) in [7, 11) is 0. The first-order valence-corrected chi connectivity index (χ1v) is 6.42. The number of anilines is 1. The van der Waals surface area contributed by atoms with E-state index < -0.39 is 0 Å². The third-order valence-corrected chi connectivity index (χ3v) is 3.19. The fourth-order valence-corrected chi connectivity index (χ4v) is 2.24. The molecule has 1 N–H and O–H groups in total. The first-order valence-electron chi connectivity index (χ1n) is 6.42. The number of hydrogen-bond donors (Lipinski definition) is 1. The van der Waals surface area contributed by atoms with Gasteiger partial charge in [0.2, 0.25) is 0 Å². The average molecular weight is 234 g/mol. The van der Waals surface area contributed by atoms with Crippen LogP contribution >= 0.6 is 0 Å². The minimum Gasteiger partial charge on any atom is -0.378 e. The number of nitrogens with zero attached hydrogens (tertiary/aromatic N) is 1. The van der Waals surface area contributed by atoms with Crippen molar-refractivity contribution in [3.05, 3.63) is 29.8 Å². The van der Waals surface area contributed by atoms with Gasteiger partial charge in [-0.15, -0.1) is 0 Å². The molecule has 3 heteroatoms. The van der Waals surface area contributed by atoms with Crippen LogP contribution in [0.3, 0.4) is 0 Å². The molecule has 2 rings (SSSR count). The minimum absolute atomic E-state index is 0.448. The summed E-state index contributed by atoms with van der Waals surface area (Å²) in [5.41, 5.74) is 2.62. The van der Waals surface area contributed by atoms with Gasteiger partial charge in [0.05, 0.1) is 13.2 Å². The van der Waals surface area contributed by atoms with Crippen LogP contribution in [0.25, 0.3) is 0 Å². The summed E-state index contributed by atoms with van der Waals surface area (Å²) in [6.45, 7) is 9.01. The Labute approximate surface area is 104 Å². The molecule has 0 bridgehead atoms. The highest BCUT2D eigenvalue weighted by molar-refractivity contribution is 5.48. The van der Waals surface area contributed by atoms with E-state index in [0.717, 1.165) is 32.8 Å². The smallest absolute Gasteiger partial charge is 0.0637 e. The molecule has 3 nitrogen and oxygen atoms in total. The van der Waals surface area contributed by atoms with Gasteiger partial charge in [-0.1, -0.05) is 12.1 Å². The summed E-state index contributed by atoms with van der Waals surface area (Å²) in [5.74, 6) is 0. The molecule has 1 aromatic carbocycles. The van der Waals surface area contributed by atoms with Gasteiger partial charge >= 0.3 is 0 Å². The fraction of sp³-hybridized carbons (Fsp3) is 0.571. The van der Waals surface area contributed by atoms with Crippen LogP contribution in [-0.2, 0) is 4.74 Å². The van der Waals surface area contributed by atoms with Crippen molar-refractivity contribution in [3.63, 3.8) is 0 Å². The zero-order chi connectivity index (χ0) is 12.1. The van der Waals surface area contributed by atoms with Crippen molar-refractivity contribution in [2.45, 2.75) is 19.9 Å². The van der Waals surface area contributed by atoms with Crippen molar-refractivity contribution in [3.8, 4) is 0 Å². The van der Waals surface area contributed by atoms with Gasteiger partial charge in [0.1, 0.15) is 0 Å². The molecule has 0 radical (unpaired) electrons. The molecule has 1 heterocycles. The molecule has 0 spiro atoms.